The number of hydrogen-bond donors (Lipinski definition) is 0. The highest BCUT2D eigenvalue weighted by Crippen LogP contribution is 2.34. The Hall–Kier alpha value is -1.55. The fraction of sp³-hybridized carbons (Fsp3) is 0.385. The molecule has 1 aromatic carbocycles. The molecular formula is C13H12BrF3N2O. The van der Waals surface area contributed by atoms with Gasteiger partial charge in [-0.1, -0.05) is 22.9 Å². The summed E-state index contributed by atoms with van der Waals surface area (Å²) in [6, 6.07) is 5.15. The lowest BCUT2D eigenvalue weighted by Crippen LogP contribution is -2.33. The fourth-order valence-electron chi connectivity index (χ4n) is 1.72. The number of benzene rings is 1. The summed E-state index contributed by atoms with van der Waals surface area (Å²) in [5, 5.41) is 8.66. The maximum absolute atomic E-state index is 13.0. The summed E-state index contributed by atoms with van der Waals surface area (Å²) < 4.78 is 39.1. The van der Waals surface area contributed by atoms with Crippen molar-refractivity contribution in [1.29, 1.82) is 5.26 Å². The van der Waals surface area contributed by atoms with Crippen LogP contribution in [0.1, 0.15) is 29.3 Å². The van der Waals surface area contributed by atoms with Crippen LogP contribution in [0, 0.1) is 11.3 Å². The van der Waals surface area contributed by atoms with Gasteiger partial charge in [0, 0.05) is 11.0 Å². The van der Waals surface area contributed by atoms with Crippen molar-refractivity contribution in [2.75, 3.05) is 13.1 Å². The lowest BCUT2D eigenvalue weighted by Gasteiger charge is -2.21. The monoisotopic (exact) mass is 348 g/mol. The number of nitriles is 1. The zero-order valence-electron chi connectivity index (χ0n) is 10.7. The Bertz CT molecular complexity index is 537. The van der Waals surface area contributed by atoms with E-state index in [0.29, 0.717) is 6.42 Å². The molecule has 20 heavy (non-hydrogen) atoms. The molecule has 1 rings (SSSR count). The van der Waals surface area contributed by atoms with Gasteiger partial charge in [0.2, 0.25) is 0 Å². The number of carbonyl (C=O) groups excluding carboxylic acids is 1. The molecule has 7 heteroatoms. The lowest BCUT2D eigenvalue weighted by molar-refractivity contribution is -0.138. The zero-order valence-corrected chi connectivity index (χ0v) is 12.3. The van der Waals surface area contributed by atoms with Crippen molar-refractivity contribution in [2.45, 2.75) is 19.5 Å². The maximum atomic E-state index is 13.0. The molecule has 3 nitrogen and oxygen atoms in total. The van der Waals surface area contributed by atoms with Crippen molar-refractivity contribution >= 4 is 21.8 Å². The number of nitrogens with zero attached hydrogens (tertiary/aromatic N) is 2. The fourth-order valence-corrected chi connectivity index (χ4v) is 2.08. The molecule has 0 atom stereocenters. The molecule has 0 saturated heterocycles. The van der Waals surface area contributed by atoms with Crippen LogP contribution >= 0.6 is 15.9 Å². The molecule has 108 valence electrons. The molecule has 0 aliphatic carbocycles. The first-order valence-corrected chi connectivity index (χ1v) is 6.63. The van der Waals surface area contributed by atoms with Gasteiger partial charge in [-0.05, 0) is 24.6 Å². The molecule has 0 heterocycles. The molecule has 0 unspecified atom stereocenters. The average Bonchev–Trinajstić information content (AvgIpc) is 2.36. The first-order valence-electron chi connectivity index (χ1n) is 5.84. The van der Waals surface area contributed by atoms with Crippen molar-refractivity contribution < 1.29 is 18.0 Å². The van der Waals surface area contributed by atoms with Crippen LogP contribution in [0.4, 0.5) is 13.2 Å². The molecule has 1 aromatic rings. The van der Waals surface area contributed by atoms with E-state index in [9.17, 15) is 18.0 Å². The predicted octanol–water partition coefficient (Wildman–Crippen LogP) is 3.84. The summed E-state index contributed by atoms with van der Waals surface area (Å²) >= 11 is 2.96. The Morgan fingerprint density at radius 3 is 2.60 bits per heavy atom. The van der Waals surface area contributed by atoms with Crippen LogP contribution in [0.3, 0.4) is 0 Å². The summed E-state index contributed by atoms with van der Waals surface area (Å²) in [4.78, 5) is 13.3. The van der Waals surface area contributed by atoms with E-state index in [4.69, 9.17) is 5.26 Å². The van der Waals surface area contributed by atoms with Gasteiger partial charge in [0.05, 0.1) is 17.2 Å². The van der Waals surface area contributed by atoms with E-state index in [2.05, 4.69) is 15.9 Å². The Balaban J connectivity index is 3.24. The van der Waals surface area contributed by atoms with E-state index in [0.717, 1.165) is 17.0 Å². The molecule has 0 N–H and O–H groups in total. The van der Waals surface area contributed by atoms with Crippen molar-refractivity contribution in [1.82, 2.24) is 4.90 Å². The highest BCUT2D eigenvalue weighted by molar-refractivity contribution is 9.10. The van der Waals surface area contributed by atoms with Gasteiger partial charge in [-0.3, -0.25) is 4.79 Å². The summed E-state index contributed by atoms with van der Waals surface area (Å²) in [6.07, 6.45) is -4.06. The minimum absolute atomic E-state index is 0.236. The second kappa shape index (κ2) is 6.75. The molecule has 0 saturated carbocycles. The maximum Gasteiger partial charge on any atom is 0.417 e. The number of alkyl halides is 3. The summed E-state index contributed by atoms with van der Waals surface area (Å²) in [5.74, 6) is -0.784. The molecule has 0 aliphatic heterocycles. The standard InChI is InChI=1S/C13H12BrF3N2O/c1-2-6-19(7-5-18)12(20)10-4-3-9(14)8-11(10)13(15,16)17/h3-4,8H,2,6-7H2,1H3. The first kappa shape index (κ1) is 16.5. The van der Waals surface area contributed by atoms with E-state index in [1.165, 1.54) is 6.07 Å². The largest absolute Gasteiger partial charge is 0.417 e. The molecule has 0 bridgehead atoms. The van der Waals surface area contributed by atoms with Gasteiger partial charge in [-0.2, -0.15) is 18.4 Å². The van der Waals surface area contributed by atoms with Crippen molar-refractivity contribution in [3.63, 3.8) is 0 Å². The second-order valence-electron chi connectivity index (χ2n) is 4.07. The summed E-state index contributed by atoms with van der Waals surface area (Å²) in [6.45, 7) is 1.78. The quantitative estimate of drug-likeness (QED) is 0.776. The second-order valence-corrected chi connectivity index (χ2v) is 4.99. The first-order chi connectivity index (χ1) is 9.31. The van der Waals surface area contributed by atoms with Crippen LogP contribution in [-0.2, 0) is 6.18 Å². The summed E-state index contributed by atoms with van der Waals surface area (Å²) in [7, 11) is 0. The van der Waals surface area contributed by atoms with E-state index in [1.807, 2.05) is 0 Å². The molecule has 0 radical (unpaired) electrons. The Labute approximate surface area is 123 Å². The summed E-state index contributed by atoms with van der Waals surface area (Å²) in [5.41, 5.74) is -1.44. The van der Waals surface area contributed by atoms with Crippen molar-refractivity contribution in [3.8, 4) is 6.07 Å². The van der Waals surface area contributed by atoms with Crippen LogP contribution < -0.4 is 0 Å². The van der Waals surface area contributed by atoms with Gasteiger partial charge in [0.1, 0.15) is 6.54 Å². The topological polar surface area (TPSA) is 44.1 Å². The minimum Gasteiger partial charge on any atom is -0.325 e. The SMILES string of the molecule is CCCN(CC#N)C(=O)c1ccc(Br)cc1C(F)(F)F. The van der Waals surface area contributed by atoms with Gasteiger partial charge in [0.15, 0.2) is 0 Å². The van der Waals surface area contributed by atoms with Crippen LogP contribution in [0.5, 0.6) is 0 Å². The van der Waals surface area contributed by atoms with E-state index in [-0.39, 0.29) is 17.6 Å². The van der Waals surface area contributed by atoms with Crippen LogP contribution in [-0.4, -0.2) is 23.9 Å². The number of rotatable bonds is 4. The number of hydrogen-bond acceptors (Lipinski definition) is 2. The number of halogens is 4. The predicted molar refractivity (Wildman–Crippen MR) is 71.0 cm³/mol. The highest BCUT2D eigenvalue weighted by Gasteiger charge is 2.36. The van der Waals surface area contributed by atoms with Gasteiger partial charge in [-0.25, -0.2) is 0 Å². The Morgan fingerprint density at radius 1 is 1.45 bits per heavy atom. The van der Waals surface area contributed by atoms with Crippen molar-refractivity contribution in [3.05, 3.63) is 33.8 Å². The molecule has 0 aromatic heterocycles. The lowest BCUT2D eigenvalue weighted by atomic mass is 10.1. The third-order valence-corrected chi connectivity index (χ3v) is 3.05. The Morgan fingerprint density at radius 2 is 2.10 bits per heavy atom. The zero-order chi connectivity index (χ0) is 15.3. The van der Waals surface area contributed by atoms with Gasteiger partial charge >= 0.3 is 6.18 Å². The van der Waals surface area contributed by atoms with Gasteiger partial charge in [0.25, 0.3) is 5.91 Å². The van der Waals surface area contributed by atoms with Crippen LogP contribution in [0.15, 0.2) is 22.7 Å². The number of amides is 1. The van der Waals surface area contributed by atoms with E-state index >= 15 is 0 Å². The Kier molecular flexibility index (Phi) is 5.57. The smallest absolute Gasteiger partial charge is 0.325 e. The van der Waals surface area contributed by atoms with Gasteiger partial charge < -0.3 is 4.90 Å². The van der Waals surface area contributed by atoms with Crippen molar-refractivity contribution in [2.24, 2.45) is 0 Å². The third-order valence-electron chi connectivity index (χ3n) is 2.56. The molecule has 0 aliphatic rings. The molecular weight excluding hydrogens is 337 g/mol. The molecule has 0 spiro atoms. The normalized spacial score (nSPS) is 11.0. The average molecular weight is 349 g/mol. The van der Waals surface area contributed by atoms with Crippen LogP contribution in [0.2, 0.25) is 0 Å². The third kappa shape index (κ3) is 3.97. The molecule has 0 fully saturated rings. The molecule has 1 amide bonds. The minimum atomic E-state index is -4.63. The van der Waals surface area contributed by atoms with E-state index < -0.39 is 23.2 Å². The van der Waals surface area contributed by atoms with Gasteiger partial charge in [-0.15, -0.1) is 0 Å². The van der Waals surface area contributed by atoms with Crippen LogP contribution in [0.25, 0.3) is 0 Å². The highest BCUT2D eigenvalue weighted by atomic mass is 79.9. The van der Waals surface area contributed by atoms with E-state index in [1.54, 1.807) is 13.0 Å². The number of carbonyl (C=O) groups is 1.